The first-order valence-corrected chi connectivity index (χ1v) is 5.62. The van der Waals surface area contributed by atoms with Gasteiger partial charge in [0.1, 0.15) is 0 Å². The Bertz CT molecular complexity index is 716. The number of hydrogen-bond acceptors (Lipinski definition) is 5. The maximum Gasteiger partial charge on any atom is 0.273 e. The van der Waals surface area contributed by atoms with Crippen molar-refractivity contribution in [3.8, 4) is 11.5 Å². The molecule has 0 saturated carbocycles. The molecule has 0 radical (unpaired) electrons. The summed E-state index contributed by atoms with van der Waals surface area (Å²) in [5.74, 6) is 0.744. The van der Waals surface area contributed by atoms with Gasteiger partial charge in [0.2, 0.25) is 0 Å². The first-order chi connectivity index (χ1) is 9.12. The number of nitrogens with one attached hydrogen (secondary N) is 1. The van der Waals surface area contributed by atoms with Gasteiger partial charge in [-0.2, -0.15) is 0 Å². The third kappa shape index (κ3) is 2.19. The average Bonchev–Trinajstić information content (AvgIpc) is 2.43. The lowest BCUT2D eigenvalue weighted by Crippen LogP contribution is -2.30. The van der Waals surface area contributed by atoms with E-state index in [4.69, 9.17) is 14.6 Å². The molecule has 0 aliphatic heterocycles. The Morgan fingerprint density at radius 3 is 2.26 bits per heavy atom. The fourth-order valence-corrected chi connectivity index (χ4v) is 1.88. The number of benzene rings is 1. The number of methoxy groups -OCH3 is 2. The number of ether oxygens (including phenoxy) is 2. The quantitative estimate of drug-likeness (QED) is 0.792. The summed E-state index contributed by atoms with van der Waals surface area (Å²) < 4.78 is 11.3. The lowest BCUT2D eigenvalue weighted by atomic mass is 10.1. The highest BCUT2D eigenvalue weighted by atomic mass is 16.5. The van der Waals surface area contributed by atoms with Gasteiger partial charge in [-0.05, 0) is 12.1 Å². The van der Waals surface area contributed by atoms with Crippen molar-refractivity contribution in [2.24, 2.45) is 0 Å². The van der Waals surface area contributed by atoms with Gasteiger partial charge in [-0.25, -0.2) is 4.68 Å². The largest absolute Gasteiger partial charge is 0.493 e. The Labute approximate surface area is 108 Å². The zero-order chi connectivity index (χ0) is 14.0. The van der Waals surface area contributed by atoms with Crippen molar-refractivity contribution in [1.29, 1.82) is 0 Å². The van der Waals surface area contributed by atoms with Crippen LogP contribution < -0.4 is 20.6 Å². The number of aromatic nitrogens is 2. The van der Waals surface area contributed by atoms with E-state index >= 15 is 0 Å². The molecule has 7 nitrogen and oxygen atoms in total. The van der Waals surface area contributed by atoms with Gasteiger partial charge in [0.15, 0.2) is 11.5 Å². The van der Waals surface area contributed by atoms with Gasteiger partial charge < -0.3 is 14.6 Å². The maximum absolute atomic E-state index is 12.1. The molecule has 1 heterocycles. The van der Waals surface area contributed by atoms with Crippen LogP contribution in [-0.4, -0.2) is 35.7 Å². The molecular weight excluding hydrogens is 252 g/mol. The number of H-pyrrole nitrogens is 1. The highest BCUT2D eigenvalue weighted by molar-refractivity contribution is 5.84. The normalized spacial score (nSPS) is 10.7. The summed E-state index contributed by atoms with van der Waals surface area (Å²) in [5, 5.41) is 11.7. The Hall–Kier alpha value is -2.28. The van der Waals surface area contributed by atoms with Crippen molar-refractivity contribution in [3.63, 3.8) is 0 Å². The molecule has 0 spiro atoms. The Morgan fingerprint density at radius 1 is 1.16 bits per heavy atom. The van der Waals surface area contributed by atoms with Crippen LogP contribution in [0, 0.1) is 0 Å². The summed E-state index contributed by atoms with van der Waals surface area (Å²) >= 11 is 0. The van der Waals surface area contributed by atoms with Gasteiger partial charge in [-0.3, -0.25) is 14.7 Å². The zero-order valence-corrected chi connectivity index (χ0v) is 10.6. The second kappa shape index (κ2) is 5.15. The summed E-state index contributed by atoms with van der Waals surface area (Å²) in [6, 6.07) is 2.91. The van der Waals surface area contributed by atoms with E-state index in [1.807, 2.05) is 0 Å². The zero-order valence-electron chi connectivity index (χ0n) is 10.6. The molecule has 0 aliphatic carbocycles. The number of fused-ring (bicyclic) bond motifs is 1. The number of hydrogen-bond donors (Lipinski definition) is 2. The summed E-state index contributed by atoms with van der Waals surface area (Å²) in [4.78, 5) is 24.0. The summed E-state index contributed by atoms with van der Waals surface area (Å²) in [6.45, 7) is -0.215. The van der Waals surface area contributed by atoms with E-state index in [0.717, 1.165) is 4.68 Å². The van der Waals surface area contributed by atoms with Crippen LogP contribution in [0.25, 0.3) is 10.8 Å². The van der Waals surface area contributed by atoms with E-state index in [1.54, 1.807) is 0 Å². The third-order valence-corrected chi connectivity index (χ3v) is 2.80. The van der Waals surface area contributed by atoms with Crippen molar-refractivity contribution < 1.29 is 14.6 Å². The van der Waals surface area contributed by atoms with Crippen LogP contribution in [0.5, 0.6) is 11.5 Å². The van der Waals surface area contributed by atoms with Gasteiger partial charge in [0.25, 0.3) is 11.1 Å². The molecule has 0 saturated heterocycles. The number of aliphatic hydroxyl groups is 1. The predicted molar refractivity (Wildman–Crippen MR) is 69.0 cm³/mol. The molecule has 19 heavy (non-hydrogen) atoms. The molecule has 102 valence electrons. The minimum absolute atomic E-state index is 0.0261. The first-order valence-electron chi connectivity index (χ1n) is 5.62. The van der Waals surface area contributed by atoms with Gasteiger partial charge in [0, 0.05) is 0 Å². The molecule has 7 heteroatoms. The highest BCUT2D eigenvalue weighted by Gasteiger charge is 2.12. The standard InChI is InChI=1S/C12H14N2O5/c1-18-9-5-7-8(6-10(9)19-2)12(17)14(3-4-15)13-11(7)16/h5-6,15H,3-4H2,1-2H3,(H,13,16). The fourth-order valence-electron chi connectivity index (χ4n) is 1.88. The summed E-state index contributed by atoms with van der Waals surface area (Å²) in [7, 11) is 2.90. The number of rotatable bonds is 4. The topological polar surface area (TPSA) is 93.5 Å². The molecule has 0 fully saturated rings. The predicted octanol–water partition coefficient (Wildman–Crippen LogP) is -0.301. The van der Waals surface area contributed by atoms with E-state index in [1.165, 1.54) is 26.4 Å². The molecule has 0 atom stereocenters. The maximum atomic E-state index is 12.1. The number of aromatic amines is 1. The van der Waals surface area contributed by atoms with Crippen LogP contribution in [0.3, 0.4) is 0 Å². The van der Waals surface area contributed by atoms with E-state index < -0.39 is 11.1 Å². The van der Waals surface area contributed by atoms with Gasteiger partial charge in [0.05, 0.1) is 38.1 Å². The minimum atomic E-state index is -0.427. The Morgan fingerprint density at radius 2 is 1.74 bits per heavy atom. The molecule has 0 bridgehead atoms. The second-order valence-corrected chi connectivity index (χ2v) is 3.87. The van der Waals surface area contributed by atoms with Crippen LogP contribution >= 0.6 is 0 Å². The van der Waals surface area contributed by atoms with Crippen LogP contribution in [-0.2, 0) is 6.54 Å². The first kappa shape index (κ1) is 13.2. The monoisotopic (exact) mass is 266 g/mol. The highest BCUT2D eigenvalue weighted by Crippen LogP contribution is 2.29. The van der Waals surface area contributed by atoms with Crippen LogP contribution in [0.1, 0.15) is 0 Å². The molecule has 0 unspecified atom stereocenters. The van der Waals surface area contributed by atoms with Crippen LogP contribution in [0.2, 0.25) is 0 Å². The SMILES string of the molecule is COc1cc2c(=O)[nH]n(CCO)c(=O)c2cc1OC. The van der Waals surface area contributed by atoms with E-state index in [0.29, 0.717) is 11.5 Å². The molecular formula is C12H14N2O5. The number of nitrogens with zero attached hydrogens (tertiary/aromatic N) is 1. The van der Waals surface area contributed by atoms with Gasteiger partial charge in [-0.15, -0.1) is 0 Å². The third-order valence-electron chi connectivity index (χ3n) is 2.80. The minimum Gasteiger partial charge on any atom is -0.493 e. The van der Waals surface area contributed by atoms with Crippen molar-refractivity contribution >= 4 is 10.8 Å². The summed E-state index contributed by atoms with van der Waals surface area (Å²) in [5.41, 5.74) is -0.825. The molecule has 2 rings (SSSR count). The molecule has 1 aromatic carbocycles. The lowest BCUT2D eigenvalue weighted by Gasteiger charge is -2.10. The van der Waals surface area contributed by atoms with Gasteiger partial charge >= 0.3 is 0 Å². The summed E-state index contributed by atoms with van der Waals surface area (Å²) in [6.07, 6.45) is 0. The average molecular weight is 266 g/mol. The Kier molecular flexibility index (Phi) is 3.57. The number of aliphatic hydroxyl groups excluding tert-OH is 1. The van der Waals surface area contributed by atoms with E-state index in [9.17, 15) is 9.59 Å². The van der Waals surface area contributed by atoms with Crippen molar-refractivity contribution in [3.05, 3.63) is 32.8 Å². The fraction of sp³-hybridized carbons (Fsp3) is 0.333. The van der Waals surface area contributed by atoms with Crippen LogP contribution in [0.15, 0.2) is 21.7 Å². The lowest BCUT2D eigenvalue weighted by molar-refractivity contribution is 0.266. The van der Waals surface area contributed by atoms with E-state index in [2.05, 4.69) is 5.10 Å². The molecule has 0 amide bonds. The van der Waals surface area contributed by atoms with Crippen LogP contribution in [0.4, 0.5) is 0 Å². The molecule has 2 N–H and O–H groups in total. The molecule has 2 aromatic rings. The molecule has 1 aromatic heterocycles. The van der Waals surface area contributed by atoms with Crippen molar-refractivity contribution in [2.75, 3.05) is 20.8 Å². The van der Waals surface area contributed by atoms with E-state index in [-0.39, 0.29) is 23.9 Å². The smallest absolute Gasteiger partial charge is 0.273 e. The van der Waals surface area contributed by atoms with Crippen molar-refractivity contribution in [2.45, 2.75) is 6.54 Å². The molecule has 0 aliphatic rings. The van der Waals surface area contributed by atoms with Crippen molar-refractivity contribution in [1.82, 2.24) is 9.78 Å². The Balaban J connectivity index is 2.84. The van der Waals surface area contributed by atoms with Gasteiger partial charge in [-0.1, -0.05) is 0 Å². The second-order valence-electron chi connectivity index (χ2n) is 3.87.